The van der Waals surface area contributed by atoms with Crippen LogP contribution in [0, 0.1) is 0 Å². The van der Waals surface area contributed by atoms with Gasteiger partial charge < -0.3 is 34.9 Å². The van der Waals surface area contributed by atoms with Gasteiger partial charge in [0.2, 0.25) is 5.91 Å². The van der Waals surface area contributed by atoms with E-state index in [-0.39, 0.29) is 23.9 Å². The Hall–Kier alpha value is -6.28. The van der Waals surface area contributed by atoms with E-state index in [1.165, 1.54) is 7.11 Å². The van der Waals surface area contributed by atoms with Crippen LogP contribution in [-0.2, 0) is 14.3 Å². The highest BCUT2D eigenvalue weighted by molar-refractivity contribution is 6.31. The van der Waals surface area contributed by atoms with Gasteiger partial charge in [-0.1, -0.05) is 109 Å². The third-order valence-electron chi connectivity index (χ3n) is 13.1. The van der Waals surface area contributed by atoms with Gasteiger partial charge in [-0.3, -0.25) is 14.5 Å². The molecular formula is C50H53ClN8O5. The van der Waals surface area contributed by atoms with E-state index in [1.807, 2.05) is 48.4 Å². The summed E-state index contributed by atoms with van der Waals surface area (Å²) in [5.41, 5.74) is 6.57. The first-order chi connectivity index (χ1) is 31.1. The smallest absolute Gasteiger partial charge is 0.407 e. The van der Waals surface area contributed by atoms with Crippen LogP contribution in [0.5, 0.6) is 0 Å². The van der Waals surface area contributed by atoms with Crippen molar-refractivity contribution in [1.82, 2.24) is 40.0 Å². The van der Waals surface area contributed by atoms with Crippen molar-refractivity contribution in [3.63, 3.8) is 0 Å². The molecule has 64 heavy (non-hydrogen) atoms. The Kier molecular flexibility index (Phi) is 12.4. The first-order valence-electron chi connectivity index (χ1n) is 22.1. The molecule has 0 radical (unpaired) electrons. The number of hydrogen-bond donors (Lipinski definition) is 4. The Morgan fingerprint density at radius 2 is 1.22 bits per heavy atom. The maximum atomic E-state index is 14.5. The van der Waals surface area contributed by atoms with Gasteiger partial charge >= 0.3 is 6.09 Å². The second kappa shape index (κ2) is 18.4. The van der Waals surface area contributed by atoms with E-state index in [1.54, 1.807) is 35.4 Å². The van der Waals surface area contributed by atoms with Crippen molar-refractivity contribution in [3.05, 3.63) is 143 Å². The predicted octanol–water partition coefficient (Wildman–Crippen LogP) is 8.80. The number of carbonyl (C=O) groups excluding carboxylic acids is 3. The molecule has 3 saturated heterocycles. The fourth-order valence-electron chi connectivity index (χ4n) is 9.51. The minimum absolute atomic E-state index is 0.0821. The molecule has 4 N–H and O–H groups in total. The number of methoxy groups -OCH3 is 1. The van der Waals surface area contributed by atoms with Crippen LogP contribution < -0.4 is 5.32 Å². The summed E-state index contributed by atoms with van der Waals surface area (Å²) < 4.78 is 4.84. The van der Waals surface area contributed by atoms with Gasteiger partial charge in [0.15, 0.2) is 0 Å². The van der Waals surface area contributed by atoms with Crippen LogP contribution in [0.15, 0.2) is 116 Å². The Bertz CT molecular complexity index is 2580. The molecule has 3 aliphatic heterocycles. The van der Waals surface area contributed by atoms with E-state index < -0.39 is 23.8 Å². The van der Waals surface area contributed by atoms with Crippen molar-refractivity contribution in [3.8, 4) is 33.6 Å². The number of nitrogens with one attached hydrogen (secondary N) is 3. The minimum atomic E-state index is -1.01. The van der Waals surface area contributed by atoms with Gasteiger partial charge in [0.25, 0.3) is 5.91 Å². The Morgan fingerprint density at radius 3 is 1.75 bits per heavy atom. The SMILES string of the molecule is COC(=O)N[C@@H](C(=O)N1CCC[C@H]1c1ncc(-c2ccc(-c3ccc(-c4cnc([C@@H]5CCCN5C(=O)[C@@H](c5ccccc5)N5CCC(C)(O)CC5)[nH]4)cc3)cc2)[nH]1)c1ccccc1Cl. The summed E-state index contributed by atoms with van der Waals surface area (Å²) in [6, 6.07) is 31.7. The predicted molar refractivity (Wildman–Crippen MR) is 245 cm³/mol. The van der Waals surface area contributed by atoms with Gasteiger partial charge in [-0.05, 0) is 79.3 Å². The van der Waals surface area contributed by atoms with Crippen LogP contribution >= 0.6 is 11.6 Å². The lowest BCUT2D eigenvalue weighted by Gasteiger charge is -2.41. The lowest BCUT2D eigenvalue weighted by Crippen LogP contribution is -2.49. The van der Waals surface area contributed by atoms with Gasteiger partial charge in [0.05, 0.1) is 48.6 Å². The maximum Gasteiger partial charge on any atom is 0.407 e. The third-order valence-corrected chi connectivity index (χ3v) is 13.5. The normalized spacial score (nSPS) is 19.6. The second-order valence-electron chi connectivity index (χ2n) is 17.3. The van der Waals surface area contributed by atoms with Crippen LogP contribution in [0.2, 0.25) is 5.02 Å². The number of aliphatic hydroxyl groups is 1. The number of hydrogen-bond acceptors (Lipinski definition) is 8. The molecular weight excluding hydrogens is 828 g/mol. The standard InChI is InChI=1S/C50H53ClN8O5/c1-50(63)24-28-57(29-25-50)44(36-10-4-3-5-11-36)48(61)59-27-9-15-42(59)46-53-31-40(55-46)35-22-18-33(19-23-35)32-16-20-34(21-17-32)39-30-52-45(54-39)41-14-8-26-58(41)47(60)43(56-49(62)64-2)37-12-6-7-13-38(37)51/h3-7,10-13,16-23,30-31,41-44,63H,8-9,14-15,24-29H2,1-2H3,(H,52,54)(H,53,55)(H,56,62)/t41-,42-,43+,44+/m0/s1. The zero-order valence-electron chi connectivity index (χ0n) is 36.0. The lowest BCUT2D eigenvalue weighted by molar-refractivity contribution is -0.140. The Balaban J connectivity index is 0.861. The van der Waals surface area contributed by atoms with Crippen molar-refractivity contribution in [2.75, 3.05) is 33.3 Å². The summed E-state index contributed by atoms with van der Waals surface area (Å²) in [5.74, 6) is 1.27. The molecule has 0 aliphatic carbocycles. The van der Waals surface area contributed by atoms with E-state index in [0.29, 0.717) is 55.4 Å². The first kappa shape index (κ1) is 43.0. The second-order valence-corrected chi connectivity index (χ2v) is 17.7. The summed E-state index contributed by atoms with van der Waals surface area (Å²) in [6.45, 7) is 4.38. The van der Waals surface area contributed by atoms with Gasteiger partial charge in [-0.2, -0.15) is 0 Å². The van der Waals surface area contributed by atoms with Gasteiger partial charge in [0, 0.05) is 36.8 Å². The summed E-state index contributed by atoms with van der Waals surface area (Å²) in [6.07, 6.45) is 7.44. The number of aromatic amines is 2. The molecule has 3 amide bonds. The van der Waals surface area contributed by atoms with Gasteiger partial charge in [-0.15, -0.1) is 0 Å². The van der Waals surface area contributed by atoms with Crippen molar-refractivity contribution in [2.24, 2.45) is 0 Å². The van der Waals surface area contributed by atoms with Crippen molar-refractivity contribution in [2.45, 2.75) is 75.2 Å². The number of aromatic nitrogens is 4. The van der Waals surface area contributed by atoms with Crippen LogP contribution in [0.3, 0.4) is 0 Å². The summed E-state index contributed by atoms with van der Waals surface area (Å²) in [7, 11) is 1.26. The van der Waals surface area contributed by atoms with Crippen LogP contribution in [0.1, 0.15) is 92.4 Å². The number of halogens is 1. The molecule has 13 nitrogen and oxygen atoms in total. The largest absolute Gasteiger partial charge is 0.453 e. The highest BCUT2D eigenvalue weighted by atomic mass is 35.5. The van der Waals surface area contributed by atoms with Crippen LogP contribution in [-0.4, -0.2) is 96.5 Å². The van der Waals surface area contributed by atoms with Crippen molar-refractivity contribution in [1.29, 1.82) is 0 Å². The third kappa shape index (κ3) is 8.93. The molecule has 5 heterocycles. The van der Waals surface area contributed by atoms with E-state index in [4.69, 9.17) is 26.3 Å². The number of piperidine rings is 1. The maximum absolute atomic E-state index is 14.5. The van der Waals surface area contributed by atoms with E-state index in [2.05, 4.69) is 68.7 Å². The lowest BCUT2D eigenvalue weighted by atomic mass is 9.91. The molecule has 0 saturated carbocycles. The monoisotopic (exact) mass is 880 g/mol. The number of rotatable bonds is 11. The summed E-state index contributed by atoms with van der Waals surface area (Å²) >= 11 is 6.48. The first-order valence-corrected chi connectivity index (χ1v) is 22.5. The molecule has 2 aromatic heterocycles. The quantitative estimate of drug-likeness (QED) is 0.101. The molecule has 330 valence electrons. The number of H-pyrrole nitrogens is 2. The van der Waals surface area contributed by atoms with E-state index in [0.717, 1.165) is 70.7 Å². The Morgan fingerprint density at radius 1 is 0.719 bits per heavy atom. The van der Waals surface area contributed by atoms with Crippen LogP contribution in [0.25, 0.3) is 33.6 Å². The molecule has 0 unspecified atom stereocenters. The number of imidazole rings is 2. The van der Waals surface area contributed by atoms with Gasteiger partial charge in [-0.25, -0.2) is 14.8 Å². The zero-order valence-corrected chi connectivity index (χ0v) is 36.8. The van der Waals surface area contributed by atoms with E-state index >= 15 is 0 Å². The summed E-state index contributed by atoms with van der Waals surface area (Å²) in [4.78, 5) is 63.3. The molecule has 0 spiro atoms. The van der Waals surface area contributed by atoms with Crippen LogP contribution in [0.4, 0.5) is 4.79 Å². The van der Waals surface area contributed by atoms with Crippen molar-refractivity contribution >= 4 is 29.5 Å². The number of ether oxygens (including phenoxy) is 1. The topological polar surface area (TPSA) is 160 Å². The van der Waals surface area contributed by atoms with Crippen molar-refractivity contribution < 1.29 is 24.2 Å². The Labute approximate surface area is 377 Å². The number of carbonyl (C=O) groups is 3. The highest BCUT2D eigenvalue weighted by Gasteiger charge is 2.41. The minimum Gasteiger partial charge on any atom is -0.453 e. The molecule has 14 heteroatoms. The molecule has 9 rings (SSSR count). The molecule has 4 aromatic carbocycles. The molecule has 3 aliphatic rings. The fourth-order valence-corrected chi connectivity index (χ4v) is 9.75. The average molecular weight is 881 g/mol. The molecule has 3 fully saturated rings. The number of benzene rings is 4. The molecule has 6 aromatic rings. The number of alkyl carbamates (subject to hydrolysis) is 1. The molecule has 0 bridgehead atoms. The summed E-state index contributed by atoms with van der Waals surface area (Å²) in [5, 5.41) is 13.7. The van der Waals surface area contributed by atoms with Gasteiger partial charge in [0.1, 0.15) is 23.7 Å². The number of nitrogens with zero attached hydrogens (tertiary/aromatic N) is 5. The molecule has 4 atom stereocenters. The fraction of sp³-hybridized carbons (Fsp3) is 0.340. The number of amides is 3. The highest BCUT2D eigenvalue weighted by Crippen LogP contribution is 2.39. The van der Waals surface area contributed by atoms with E-state index in [9.17, 15) is 19.5 Å². The zero-order chi connectivity index (χ0) is 44.4. The average Bonchev–Trinajstić information content (AvgIpc) is 4.17. The number of likely N-dealkylation sites (tertiary alicyclic amines) is 3.